The highest BCUT2D eigenvalue weighted by atomic mass is 19.4. The van der Waals surface area contributed by atoms with E-state index in [-0.39, 0.29) is 22.9 Å². The van der Waals surface area contributed by atoms with Crippen molar-refractivity contribution in [1.82, 2.24) is 15.0 Å². The van der Waals surface area contributed by atoms with Crippen molar-refractivity contribution in [1.29, 1.82) is 0 Å². The van der Waals surface area contributed by atoms with Gasteiger partial charge in [0.25, 0.3) is 0 Å². The van der Waals surface area contributed by atoms with Crippen LogP contribution in [0.4, 0.5) is 18.9 Å². The van der Waals surface area contributed by atoms with Crippen LogP contribution in [0.2, 0.25) is 0 Å². The van der Waals surface area contributed by atoms with Gasteiger partial charge in [0, 0.05) is 47.7 Å². The third-order valence-electron chi connectivity index (χ3n) is 5.45. The molecule has 1 fully saturated rings. The van der Waals surface area contributed by atoms with E-state index in [1.54, 1.807) is 0 Å². The molecule has 6 nitrogen and oxygen atoms in total. The highest BCUT2D eigenvalue weighted by molar-refractivity contribution is 6.24. The number of rotatable bonds is 1. The first-order chi connectivity index (χ1) is 13.8. The molecular weight excluding hydrogens is 385 g/mol. The van der Waals surface area contributed by atoms with Crippen LogP contribution in [0.3, 0.4) is 0 Å². The summed E-state index contributed by atoms with van der Waals surface area (Å²) in [6.07, 6.45) is -1.25. The first-order valence-corrected chi connectivity index (χ1v) is 9.18. The summed E-state index contributed by atoms with van der Waals surface area (Å²) in [5.41, 5.74) is 2.33. The quantitative estimate of drug-likeness (QED) is 0.529. The van der Waals surface area contributed by atoms with Crippen molar-refractivity contribution in [2.45, 2.75) is 25.1 Å². The second-order valence-electron chi connectivity index (χ2n) is 7.25. The van der Waals surface area contributed by atoms with Gasteiger partial charge in [-0.15, -0.1) is 0 Å². The molecule has 2 aromatic heterocycles. The lowest BCUT2D eigenvalue weighted by Gasteiger charge is -2.31. The van der Waals surface area contributed by atoms with Gasteiger partial charge in [-0.25, -0.2) is 9.97 Å². The predicted octanol–water partition coefficient (Wildman–Crippen LogP) is 3.22. The topological polar surface area (TPSA) is 79.2 Å². The maximum Gasteiger partial charge on any atom is 0.451 e. The average Bonchev–Trinajstić information content (AvgIpc) is 3.00. The first-order valence-electron chi connectivity index (χ1n) is 9.18. The van der Waals surface area contributed by atoms with E-state index in [9.17, 15) is 23.1 Å². The Morgan fingerprint density at radius 1 is 1.07 bits per heavy atom. The smallest absolute Gasteiger partial charge is 0.393 e. The van der Waals surface area contributed by atoms with Crippen LogP contribution in [0.1, 0.15) is 34.7 Å². The van der Waals surface area contributed by atoms with Gasteiger partial charge in [0.15, 0.2) is 0 Å². The van der Waals surface area contributed by atoms with Crippen LogP contribution in [-0.4, -0.2) is 45.0 Å². The van der Waals surface area contributed by atoms with Gasteiger partial charge in [-0.1, -0.05) is 0 Å². The minimum atomic E-state index is -4.73. The number of halogens is 3. The van der Waals surface area contributed by atoms with Crippen LogP contribution in [0.5, 0.6) is 0 Å². The number of benzene rings is 1. The van der Waals surface area contributed by atoms with Gasteiger partial charge < -0.3 is 10.0 Å². The molecule has 0 radical (unpaired) electrons. The highest BCUT2D eigenvalue weighted by Crippen LogP contribution is 2.41. The van der Waals surface area contributed by atoms with E-state index in [0.29, 0.717) is 42.4 Å². The number of hydrogen-bond donors (Lipinski definition) is 1. The molecule has 0 bridgehead atoms. The van der Waals surface area contributed by atoms with Gasteiger partial charge in [0.05, 0.1) is 17.2 Å². The lowest BCUT2D eigenvalue weighted by atomic mass is 10.0. The zero-order chi connectivity index (χ0) is 20.3. The first kappa shape index (κ1) is 18.0. The van der Waals surface area contributed by atoms with Crippen molar-refractivity contribution in [2.75, 3.05) is 18.0 Å². The molecule has 1 saturated heterocycles. The van der Waals surface area contributed by atoms with Gasteiger partial charge >= 0.3 is 6.18 Å². The molecule has 5 rings (SSSR count). The summed E-state index contributed by atoms with van der Waals surface area (Å²) in [5.74, 6) is -1.91. The number of carbonyl (C=O) groups is 1. The minimum absolute atomic E-state index is 0.229. The Kier molecular flexibility index (Phi) is 3.86. The van der Waals surface area contributed by atoms with Crippen LogP contribution >= 0.6 is 0 Å². The van der Waals surface area contributed by atoms with Gasteiger partial charge in [0.1, 0.15) is 5.69 Å². The van der Waals surface area contributed by atoms with Crippen LogP contribution in [0.25, 0.3) is 22.0 Å². The molecule has 0 saturated carbocycles. The van der Waals surface area contributed by atoms with E-state index in [0.717, 1.165) is 11.9 Å². The van der Waals surface area contributed by atoms with Crippen LogP contribution in [-0.2, 0) is 6.18 Å². The van der Waals surface area contributed by atoms with Crippen LogP contribution < -0.4 is 4.90 Å². The maximum absolute atomic E-state index is 13.0. The molecule has 0 spiro atoms. The summed E-state index contributed by atoms with van der Waals surface area (Å²) in [5, 5.41) is 10.4. The number of ketones is 1. The Balaban J connectivity index is 1.66. The Hall–Kier alpha value is -3.07. The van der Waals surface area contributed by atoms with Gasteiger partial charge in [-0.05, 0) is 31.0 Å². The number of alkyl halides is 3. The molecular formula is C20H15F3N4O2. The van der Waals surface area contributed by atoms with Crippen molar-refractivity contribution >= 4 is 22.4 Å². The summed E-state index contributed by atoms with van der Waals surface area (Å²) in [6, 6.07) is 5.63. The average molecular weight is 400 g/mol. The van der Waals surface area contributed by atoms with Crippen LogP contribution in [0.15, 0.2) is 30.6 Å². The Morgan fingerprint density at radius 3 is 2.52 bits per heavy atom. The monoisotopic (exact) mass is 400 g/mol. The summed E-state index contributed by atoms with van der Waals surface area (Å²) < 4.78 is 38.9. The summed E-state index contributed by atoms with van der Waals surface area (Å²) in [6.45, 7) is 1.39. The lowest BCUT2D eigenvalue weighted by molar-refractivity contribution is -0.145. The molecule has 148 valence electrons. The number of piperidine rings is 1. The number of hydrogen-bond acceptors (Lipinski definition) is 6. The molecule has 9 heteroatoms. The molecule has 2 aliphatic rings. The van der Waals surface area contributed by atoms with E-state index in [2.05, 4.69) is 19.9 Å². The number of aromatic nitrogens is 3. The molecule has 1 N–H and O–H groups in total. The van der Waals surface area contributed by atoms with Crippen molar-refractivity contribution in [3.63, 3.8) is 0 Å². The standard InChI is InChI=1S/C20H15F3N4O2/c21-20(22,23)19-25-8-13-16-12-7-10(27-5-3-11(28)4-6-27)1-2-15(12)24-9-14(16)18(29)17(13)26-19/h1-2,7-9,11,28H,3-6H2. The summed E-state index contributed by atoms with van der Waals surface area (Å²) >= 11 is 0. The number of aliphatic hydroxyl groups excluding tert-OH is 1. The van der Waals surface area contributed by atoms with E-state index >= 15 is 0 Å². The molecule has 3 aromatic rings. The van der Waals surface area contributed by atoms with E-state index in [1.165, 1.54) is 6.20 Å². The number of carbonyl (C=O) groups excluding carboxylic acids is 1. The zero-order valence-corrected chi connectivity index (χ0v) is 15.1. The lowest BCUT2D eigenvalue weighted by Crippen LogP contribution is -2.35. The van der Waals surface area contributed by atoms with Crippen molar-refractivity contribution in [3.8, 4) is 11.1 Å². The Bertz CT molecular complexity index is 1150. The second kappa shape index (κ2) is 6.21. The fourth-order valence-corrected chi connectivity index (χ4v) is 3.97. The molecule has 1 aromatic carbocycles. The van der Waals surface area contributed by atoms with Crippen LogP contribution in [0, 0.1) is 0 Å². The summed E-state index contributed by atoms with van der Waals surface area (Å²) in [4.78, 5) is 26.1. The third kappa shape index (κ3) is 2.84. The maximum atomic E-state index is 13.0. The van der Waals surface area contributed by atoms with E-state index < -0.39 is 17.8 Å². The zero-order valence-electron chi connectivity index (χ0n) is 15.1. The highest BCUT2D eigenvalue weighted by Gasteiger charge is 2.38. The Labute approximate surface area is 163 Å². The normalized spacial score (nSPS) is 17.0. The Morgan fingerprint density at radius 2 is 1.79 bits per heavy atom. The molecule has 1 aliphatic carbocycles. The molecule has 29 heavy (non-hydrogen) atoms. The number of aliphatic hydroxyl groups is 1. The van der Waals surface area contributed by atoms with Gasteiger partial charge in [-0.2, -0.15) is 13.2 Å². The molecule has 3 heterocycles. The van der Waals surface area contributed by atoms with Gasteiger partial charge in [-0.3, -0.25) is 9.78 Å². The van der Waals surface area contributed by atoms with Gasteiger partial charge in [0.2, 0.25) is 11.6 Å². The van der Waals surface area contributed by atoms with Crippen molar-refractivity contribution < 1.29 is 23.1 Å². The molecule has 0 atom stereocenters. The molecule has 1 aliphatic heterocycles. The van der Waals surface area contributed by atoms with E-state index in [4.69, 9.17) is 0 Å². The largest absolute Gasteiger partial charge is 0.451 e. The summed E-state index contributed by atoms with van der Waals surface area (Å²) in [7, 11) is 0. The number of pyridine rings is 1. The molecule has 0 unspecified atom stereocenters. The number of fused-ring (bicyclic) bond motifs is 5. The predicted molar refractivity (Wildman–Crippen MR) is 98.7 cm³/mol. The number of anilines is 1. The number of nitrogens with zero attached hydrogens (tertiary/aromatic N) is 4. The third-order valence-corrected chi connectivity index (χ3v) is 5.45. The molecule has 0 amide bonds. The van der Waals surface area contributed by atoms with E-state index in [1.807, 2.05) is 18.2 Å². The fraction of sp³-hybridized carbons (Fsp3) is 0.300. The fourth-order valence-electron chi connectivity index (χ4n) is 3.97. The SMILES string of the molecule is O=C1c2cnc3ccc(N4CCC(O)CC4)cc3c2-c2cnc(C(F)(F)F)nc21. The second-order valence-corrected chi connectivity index (χ2v) is 7.25. The minimum Gasteiger partial charge on any atom is -0.393 e. The van der Waals surface area contributed by atoms with Crippen molar-refractivity contribution in [2.24, 2.45) is 0 Å². The van der Waals surface area contributed by atoms with Crippen molar-refractivity contribution in [3.05, 3.63) is 47.7 Å².